The van der Waals surface area contributed by atoms with Crippen molar-refractivity contribution in [2.24, 2.45) is 0 Å². The third-order valence-electron chi connectivity index (χ3n) is 4.55. The number of nitrogens with zero attached hydrogens (tertiary/aromatic N) is 2. The number of carbonyl (C=O) groups excluding carboxylic acids is 3. The lowest BCUT2D eigenvalue weighted by Crippen LogP contribution is -3.09. The maximum absolute atomic E-state index is 12.5. The van der Waals surface area contributed by atoms with Crippen molar-refractivity contribution in [3.05, 3.63) is 35.9 Å². The van der Waals surface area contributed by atoms with Gasteiger partial charge in [-0.1, -0.05) is 43.2 Å². The molecule has 1 aromatic rings. The number of nitrogens with one attached hydrogen (secondary N) is 1. The molecule has 1 aliphatic heterocycles. The fraction of sp³-hybridized carbons (Fsp3) is 0.471. The van der Waals surface area contributed by atoms with Gasteiger partial charge in [0.15, 0.2) is 6.67 Å². The number of benzene rings is 1. The number of hydrogen-bond donors (Lipinski definition) is 1. The molecule has 0 spiro atoms. The third kappa shape index (κ3) is 3.12. The zero-order valence-corrected chi connectivity index (χ0v) is 13.3. The molecule has 1 unspecified atom stereocenters. The summed E-state index contributed by atoms with van der Waals surface area (Å²) < 4.78 is 0. The van der Waals surface area contributed by atoms with Crippen LogP contribution in [0.15, 0.2) is 30.3 Å². The second kappa shape index (κ2) is 6.50. The zero-order chi connectivity index (χ0) is 16.4. The van der Waals surface area contributed by atoms with Crippen LogP contribution in [0.2, 0.25) is 0 Å². The second-order valence-corrected chi connectivity index (χ2v) is 6.41. The first-order valence-corrected chi connectivity index (χ1v) is 8.12. The van der Waals surface area contributed by atoms with E-state index < -0.39 is 17.8 Å². The summed E-state index contributed by atoms with van der Waals surface area (Å²) in [4.78, 5) is 40.1. The summed E-state index contributed by atoms with van der Waals surface area (Å²) in [5.41, 5.74) is 1.13. The van der Waals surface area contributed by atoms with Crippen LogP contribution >= 0.6 is 0 Å². The van der Waals surface area contributed by atoms with Gasteiger partial charge in [-0.25, -0.2) is 9.69 Å². The maximum Gasteiger partial charge on any atom is 0.338 e. The first kappa shape index (κ1) is 15.7. The monoisotopic (exact) mass is 316 g/mol. The SMILES string of the molecule is C[NH+](Cc1ccccc1)CN1C(=O)C(=O)N(C2CCCC2)C1=O. The second-order valence-electron chi connectivity index (χ2n) is 6.41. The smallest absolute Gasteiger partial charge is 0.316 e. The summed E-state index contributed by atoms with van der Waals surface area (Å²) in [5.74, 6) is -1.34. The van der Waals surface area contributed by atoms with E-state index in [-0.39, 0.29) is 12.7 Å². The van der Waals surface area contributed by atoms with E-state index in [1.165, 1.54) is 4.90 Å². The van der Waals surface area contributed by atoms with Crippen LogP contribution in [0.25, 0.3) is 0 Å². The number of rotatable bonds is 5. The maximum atomic E-state index is 12.5. The Hall–Kier alpha value is -2.21. The normalized spacial score (nSPS) is 20.7. The van der Waals surface area contributed by atoms with E-state index in [9.17, 15) is 14.4 Å². The van der Waals surface area contributed by atoms with Crippen LogP contribution in [0, 0.1) is 0 Å². The van der Waals surface area contributed by atoms with Gasteiger partial charge >= 0.3 is 17.8 Å². The minimum absolute atomic E-state index is 0.0987. The van der Waals surface area contributed by atoms with Gasteiger partial charge in [0.1, 0.15) is 6.54 Å². The Morgan fingerprint density at radius 3 is 2.35 bits per heavy atom. The molecule has 0 aromatic heterocycles. The van der Waals surface area contributed by atoms with Gasteiger partial charge in [0.2, 0.25) is 0 Å². The molecule has 23 heavy (non-hydrogen) atoms. The summed E-state index contributed by atoms with van der Waals surface area (Å²) in [6.07, 6.45) is 3.64. The highest BCUT2D eigenvalue weighted by Crippen LogP contribution is 2.27. The molecular formula is C17H22N3O3+. The van der Waals surface area contributed by atoms with E-state index in [0.717, 1.165) is 41.0 Å². The van der Waals surface area contributed by atoms with Crippen molar-refractivity contribution in [2.45, 2.75) is 38.3 Å². The predicted molar refractivity (Wildman–Crippen MR) is 83.2 cm³/mol. The number of imide groups is 2. The lowest BCUT2D eigenvalue weighted by molar-refractivity contribution is -0.901. The number of hydrogen-bond acceptors (Lipinski definition) is 3. The van der Waals surface area contributed by atoms with Crippen LogP contribution in [0.4, 0.5) is 4.79 Å². The Morgan fingerprint density at radius 1 is 1.04 bits per heavy atom. The van der Waals surface area contributed by atoms with Gasteiger partial charge in [0.25, 0.3) is 0 Å². The lowest BCUT2D eigenvalue weighted by Gasteiger charge is -2.22. The molecular weight excluding hydrogens is 294 g/mol. The van der Waals surface area contributed by atoms with Gasteiger partial charge in [-0.15, -0.1) is 0 Å². The van der Waals surface area contributed by atoms with E-state index in [0.29, 0.717) is 6.54 Å². The predicted octanol–water partition coefficient (Wildman–Crippen LogP) is 0.392. The van der Waals surface area contributed by atoms with Crippen molar-refractivity contribution in [3.8, 4) is 0 Å². The average Bonchev–Trinajstić information content (AvgIpc) is 3.12. The van der Waals surface area contributed by atoms with Crippen LogP contribution in [0.3, 0.4) is 0 Å². The number of urea groups is 1. The summed E-state index contributed by atoms with van der Waals surface area (Å²) >= 11 is 0. The molecule has 1 saturated carbocycles. The van der Waals surface area contributed by atoms with Gasteiger partial charge in [-0.3, -0.25) is 14.5 Å². The van der Waals surface area contributed by atoms with Crippen molar-refractivity contribution < 1.29 is 19.3 Å². The Labute approximate surface area is 135 Å². The number of quaternary nitrogens is 1. The van der Waals surface area contributed by atoms with Crippen molar-refractivity contribution in [3.63, 3.8) is 0 Å². The molecule has 0 radical (unpaired) electrons. The molecule has 1 N–H and O–H groups in total. The third-order valence-corrected chi connectivity index (χ3v) is 4.55. The Kier molecular flexibility index (Phi) is 4.43. The van der Waals surface area contributed by atoms with E-state index in [4.69, 9.17) is 0 Å². The van der Waals surface area contributed by atoms with Crippen molar-refractivity contribution in [1.82, 2.24) is 9.80 Å². The van der Waals surface area contributed by atoms with Gasteiger partial charge in [-0.05, 0) is 12.8 Å². The summed E-state index contributed by atoms with van der Waals surface area (Å²) in [5, 5.41) is 0. The Bertz CT molecular complexity index is 611. The topological polar surface area (TPSA) is 62.1 Å². The summed E-state index contributed by atoms with van der Waals surface area (Å²) in [7, 11) is 1.91. The molecule has 1 atom stereocenters. The molecule has 0 bridgehead atoms. The van der Waals surface area contributed by atoms with Crippen LogP contribution in [0.1, 0.15) is 31.2 Å². The molecule has 3 rings (SSSR count). The first-order valence-electron chi connectivity index (χ1n) is 8.12. The summed E-state index contributed by atoms with van der Waals surface area (Å²) in [6, 6.07) is 9.34. The highest BCUT2D eigenvalue weighted by Gasteiger charge is 2.49. The van der Waals surface area contributed by atoms with Gasteiger partial charge in [0, 0.05) is 11.6 Å². The minimum Gasteiger partial charge on any atom is -0.316 e. The molecule has 4 amide bonds. The molecule has 6 heteroatoms. The van der Waals surface area contributed by atoms with E-state index in [1.54, 1.807) is 0 Å². The van der Waals surface area contributed by atoms with E-state index >= 15 is 0 Å². The fourth-order valence-electron chi connectivity index (χ4n) is 3.42. The lowest BCUT2D eigenvalue weighted by atomic mass is 10.2. The Morgan fingerprint density at radius 2 is 1.70 bits per heavy atom. The van der Waals surface area contributed by atoms with Crippen LogP contribution in [-0.4, -0.2) is 47.4 Å². The summed E-state index contributed by atoms with van der Waals surface area (Å²) in [6.45, 7) is 0.900. The minimum atomic E-state index is -0.686. The van der Waals surface area contributed by atoms with Crippen LogP contribution < -0.4 is 4.90 Å². The average molecular weight is 316 g/mol. The van der Waals surface area contributed by atoms with Gasteiger partial charge in [0.05, 0.1) is 7.05 Å². The highest BCUT2D eigenvalue weighted by atomic mass is 16.2. The standard InChI is InChI=1S/C17H21N3O3/c1-18(11-13-7-3-2-4-8-13)12-19-15(21)16(22)20(17(19)23)14-9-5-6-10-14/h2-4,7-8,14H,5-6,9-12H2,1H3/p+1. The van der Waals surface area contributed by atoms with Crippen molar-refractivity contribution >= 4 is 17.8 Å². The largest absolute Gasteiger partial charge is 0.338 e. The molecule has 2 fully saturated rings. The first-order chi connectivity index (χ1) is 11.1. The van der Waals surface area contributed by atoms with Crippen LogP contribution in [0.5, 0.6) is 0 Å². The quantitative estimate of drug-likeness (QED) is 0.631. The molecule has 1 saturated heterocycles. The zero-order valence-electron chi connectivity index (χ0n) is 13.3. The molecule has 6 nitrogen and oxygen atoms in total. The van der Waals surface area contributed by atoms with Crippen LogP contribution in [-0.2, 0) is 16.1 Å². The fourth-order valence-corrected chi connectivity index (χ4v) is 3.42. The van der Waals surface area contributed by atoms with E-state index in [1.807, 2.05) is 37.4 Å². The van der Waals surface area contributed by atoms with Gasteiger partial charge < -0.3 is 4.90 Å². The van der Waals surface area contributed by atoms with E-state index in [2.05, 4.69) is 0 Å². The molecule has 2 aliphatic rings. The Balaban J connectivity index is 1.66. The van der Waals surface area contributed by atoms with Gasteiger partial charge in [-0.2, -0.15) is 0 Å². The van der Waals surface area contributed by atoms with Crippen molar-refractivity contribution in [2.75, 3.05) is 13.7 Å². The molecule has 1 aromatic carbocycles. The number of carbonyl (C=O) groups is 3. The number of amides is 4. The highest BCUT2D eigenvalue weighted by molar-refractivity contribution is 6.44. The molecule has 122 valence electrons. The molecule has 1 heterocycles. The molecule has 1 aliphatic carbocycles. The van der Waals surface area contributed by atoms with Crippen molar-refractivity contribution in [1.29, 1.82) is 0 Å².